The maximum Gasteiger partial charge on any atom is 0.120 e. The molecule has 1 atom stereocenters. The Morgan fingerprint density at radius 2 is 1.65 bits per heavy atom. The molecule has 3 aromatic rings. The lowest BCUT2D eigenvalue weighted by Gasteiger charge is -2.34. The van der Waals surface area contributed by atoms with Crippen LogP contribution in [0.2, 0.25) is 0 Å². The quantitative estimate of drug-likeness (QED) is 0.616. The molecule has 0 saturated heterocycles. The molecule has 0 aliphatic carbocycles. The minimum Gasteiger partial charge on any atom is -0.489 e. The van der Waals surface area contributed by atoms with E-state index in [1.165, 1.54) is 22.3 Å². The number of nitrogens with zero attached hydrogens (tertiary/aromatic N) is 1. The van der Waals surface area contributed by atoms with Crippen LogP contribution < -0.4 is 4.74 Å². The van der Waals surface area contributed by atoms with Crippen molar-refractivity contribution in [3.8, 4) is 5.75 Å². The van der Waals surface area contributed by atoms with Crippen LogP contribution in [-0.4, -0.2) is 11.4 Å². The third kappa shape index (κ3) is 3.81. The van der Waals surface area contributed by atoms with E-state index in [-0.39, 0.29) is 0 Å². The summed E-state index contributed by atoms with van der Waals surface area (Å²) in [6, 6.07) is 28.0. The van der Waals surface area contributed by atoms with Gasteiger partial charge in [0.1, 0.15) is 12.4 Å². The molecule has 0 bridgehead atoms. The van der Waals surface area contributed by atoms with Gasteiger partial charge in [-0.3, -0.25) is 4.90 Å². The Hall–Kier alpha value is -2.58. The number of rotatable bonds is 5. The van der Waals surface area contributed by atoms with Gasteiger partial charge >= 0.3 is 0 Å². The molecule has 0 amide bonds. The summed E-state index contributed by atoms with van der Waals surface area (Å²) in [5.74, 6) is 0.940. The Morgan fingerprint density at radius 1 is 0.885 bits per heavy atom. The average molecular weight is 343 g/mol. The fourth-order valence-electron chi connectivity index (χ4n) is 3.66. The maximum atomic E-state index is 6.01. The highest BCUT2D eigenvalue weighted by Gasteiger charge is 2.21. The molecular formula is C24H25NO. The van der Waals surface area contributed by atoms with E-state index >= 15 is 0 Å². The monoisotopic (exact) mass is 343 g/mol. The van der Waals surface area contributed by atoms with Crippen LogP contribution in [-0.2, 0) is 19.6 Å². The van der Waals surface area contributed by atoms with Crippen molar-refractivity contribution in [3.05, 3.63) is 101 Å². The first-order chi connectivity index (χ1) is 12.8. The normalized spacial score (nSPS) is 15.3. The Kier molecular flexibility index (Phi) is 5.03. The summed E-state index contributed by atoms with van der Waals surface area (Å²) >= 11 is 0. The molecule has 0 N–H and O–H groups in total. The molecule has 26 heavy (non-hydrogen) atoms. The molecule has 1 aliphatic heterocycles. The summed E-state index contributed by atoms with van der Waals surface area (Å²) < 4.78 is 6.01. The van der Waals surface area contributed by atoms with E-state index in [1.807, 2.05) is 24.3 Å². The number of hydrogen-bond donors (Lipinski definition) is 0. The van der Waals surface area contributed by atoms with E-state index in [9.17, 15) is 0 Å². The fourth-order valence-corrected chi connectivity index (χ4v) is 3.66. The van der Waals surface area contributed by atoms with Gasteiger partial charge in [0.15, 0.2) is 0 Å². The predicted molar refractivity (Wildman–Crippen MR) is 106 cm³/mol. The number of ether oxygens (including phenoxy) is 1. The third-order valence-corrected chi connectivity index (χ3v) is 5.30. The molecular weight excluding hydrogens is 318 g/mol. The zero-order valence-corrected chi connectivity index (χ0v) is 15.3. The summed E-state index contributed by atoms with van der Waals surface area (Å²) in [7, 11) is 0. The molecule has 1 aliphatic rings. The zero-order chi connectivity index (χ0) is 17.8. The Labute approximate surface area is 156 Å². The highest BCUT2D eigenvalue weighted by atomic mass is 16.5. The predicted octanol–water partition coefficient (Wildman–Crippen LogP) is 5.38. The Bertz CT molecular complexity index is 859. The van der Waals surface area contributed by atoms with E-state index in [4.69, 9.17) is 4.74 Å². The Balaban J connectivity index is 1.44. The van der Waals surface area contributed by atoms with Gasteiger partial charge in [-0.1, -0.05) is 66.7 Å². The van der Waals surface area contributed by atoms with Crippen molar-refractivity contribution in [2.24, 2.45) is 0 Å². The van der Waals surface area contributed by atoms with Gasteiger partial charge in [-0.15, -0.1) is 0 Å². The zero-order valence-electron chi connectivity index (χ0n) is 15.3. The lowest BCUT2D eigenvalue weighted by Crippen LogP contribution is -2.32. The van der Waals surface area contributed by atoms with Crippen LogP contribution >= 0.6 is 0 Å². The van der Waals surface area contributed by atoms with E-state index < -0.39 is 0 Å². The molecule has 4 rings (SSSR count). The molecule has 0 fully saturated rings. The first-order valence-corrected chi connectivity index (χ1v) is 9.37. The van der Waals surface area contributed by atoms with Gasteiger partial charge in [-0.25, -0.2) is 0 Å². The summed E-state index contributed by atoms with van der Waals surface area (Å²) in [4.78, 5) is 2.55. The molecule has 1 heterocycles. The van der Waals surface area contributed by atoms with Crippen LogP contribution in [0.4, 0.5) is 0 Å². The number of fused-ring (bicyclic) bond motifs is 1. The Morgan fingerprint density at radius 3 is 2.50 bits per heavy atom. The number of benzene rings is 3. The van der Waals surface area contributed by atoms with E-state index in [1.54, 1.807) is 0 Å². The van der Waals surface area contributed by atoms with Gasteiger partial charge in [-0.2, -0.15) is 0 Å². The maximum absolute atomic E-state index is 6.01. The summed E-state index contributed by atoms with van der Waals surface area (Å²) in [6.07, 6.45) is 1.13. The van der Waals surface area contributed by atoms with Gasteiger partial charge in [0, 0.05) is 19.1 Å². The van der Waals surface area contributed by atoms with Crippen molar-refractivity contribution in [1.82, 2.24) is 4.90 Å². The SMILES string of the molecule is CC(c1cccc(OCc2ccccc2)c1)N1CCc2ccccc2C1. The molecule has 132 valence electrons. The molecule has 2 nitrogen and oxygen atoms in total. The van der Waals surface area contributed by atoms with E-state index in [2.05, 4.69) is 66.4 Å². The summed E-state index contributed by atoms with van der Waals surface area (Å²) in [5, 5.41) is 0. The first-order valence-electron chi connectivity index (χ1n) is 9.37. The summed E-state index contributed by atoms with van der Waals surface area (Å²) in [6.45, 7) is 5.03. The smallest absolute Gasteiger partial charge is 0.120 e. The molecule has 3 aromatic carbocycles. The lowest BCUT2D eigenvalue weighted by atomic mass is 9.97. The molecule has 2 heteroatoms. The molecule has 0 spiro atoms. The van der Waals surface area contributed by atoms with E-state index in [0.29, 0.717) is 12.6 Å². The molecule has 0 saturated carbocycles. The largest absolute Gasteiger partial charge is 0.489 e. The highest BCUT2D eigenvalue weighted by molar-refractivity contribution is 5.33. The van der Waals surface area contributed by atoms with Crippen molar-refractivity contribution in [2.75, 3.05) is 6.54 Å². The standard InChI is InChI=1S/C24H25NO/c1-19(25-15-14-21-10-5-6-11-23(21)17-25)22-12-7-13-24(16-22)26-18-20-8-3-2-4-9-20/h2-13,16,19H,14-15,17-18H2,1H3. The molecule has 0 radical (unpaired) electrons. The average Bonchev–Trinajstić information content (AvgIpc) is 2.72. The van der Waals surface area contributed by atoms with Crippen LogP contribution in [0.1, 0.15) is 35.2 Å². The second-order valence-electron chi connectivity index (χ2n) is 7.01. The second kappa shape index (κ2) is 7.76. The third-order valence-electron chi connectivity index (χ3n) is 5.30. The van der Waals surface area contributed by atoms with Crippen LogP contribution in [0, 0.1) is 0 Å². The van der Waals surface area contributed by atoms with E-state index in [0.717, 1.165) is 25.3 Å². The minimum absolute atomic E-state index is 0.378. The van der Waals surface area contributed by atoms with Crippen molar-refractivity contribution in [2.45, 2.75) is 32.5 Å². The van der Waals surface area contributed by atoms with Crippen LogP contribution in [0.3, 0.4) is 0 Å². The molecule has 1 unspecified atom stereocenters. The van der Waals surface area contributed by atoms with Crippen molar-refractivity contribution in [3.63, 3.8) is 0 Å². The van der Waals surface area contributed by atoms with Crippen LogP contribution in [0.5, 0.6) is 5.75 Å². The number of hydrogen-bond acceptors (Lipinski definition) is 2. The van der Waals surface area contributed by atoms with Gasteiger partial charge in [0.2, 0.25) is 0 Å². The van der Waals surface area contributed by atoms with Crippen LogP contribution in [0.25, 0.3) is 0 Å². The minimum atomic E-state index is 0.378. The highest BCUT2D eigenvalue weighted by Crippen LogP contribution is 2.29. The van der Waals surface area contributed by atoms with Gasteiger partial charge < -0.3 is 4.74 Å². The van der Waals surface area contributed by atoms with Gasteiger partial charge in [0.05, 0.1) is 0 Å². The first kappa shape index (κ1) is 16.9. The van der Waals surface area contributed by atoms with Crippen molar-refractivity contribution < 1.29 is 4.74 Å². The lowest BCUT2D eigenvalue weighted by molar-refractivity contribution is 0.191. The van der Waals surface area contributed by atoms with Crippen molar-refractivity contribution >= 4 is 0 Å². The topological polar surface area (TPSA) is 12.5 Å². The van der Waals surface area contributed by atoms with Gasteiger partial charge in [-0.05, 0) is 47.7 Å². The second-order valence-corrected chi connectivity index (χ2v) is 7.01. The summed E-state index contributed by atoms with van der Waals surface area (Å²) in [5.41, 5.74) is 5.46. The fraction of sp³-hybridized carbons (Fsp3) is 0.250. The molecule has 0 aromatic heterocycles. The van der Waals surface area contributed by atoms with Gasteiger partial charge in [0.25, 0.3) is 0 Å². The van der Waals surface area contributed by atoms with Crippen LogP contribution in [0.15, 0.2) is 78.9 Å². The van der Waals surface area contributed by atoms with Crippen molar-refractivity contribution in [1.29, 1.82) is 0 Å².